The quantitative estimate of drug-likeness (QED) is 0.0208. The van der Waals surface area contributed by atoms with Gasteiger partial charge in [-0.25, -0.2) is 4.79 Å². The first-order valence-corrected chi connectivity index (χ1v) is 19.4. The van der Waals surface area contributed by atoms with Gasteiger partial charge in [0, 0.05) is 6.54 Å². The zero-order chi connectivity index (χ0) is 34.8. The number of nitrogens with one attached hydrogen (secondary N) is 4. The van der Waals surface area contributed by atoms with E-state index in [9.17, 15) is 14.4 Å². The molecule has 0 saturated carbocycles. The number of hydrogen-bond donors (Lipinski definition) is 7. The number of hydrogen-bond acceptors (Lipinski definition) is 5. The van der Waals surface area contributed by atoms with Crippen molar-refractivity contribution in [2.75, 3.05) is 13.1 Å². The number of guanidine groups is 1. The Labute approximate surface area is 287 Å². The SMILES string of the molecule is CCCCCCCCCCCCCCCCCCCCCCCCCCCCNC(=O)CNC(=O)C(N)CCC(NC(=N)N)C(=O)O. The van der Waals surface area contributed by atoms with Gasteiger partial charge in [-0.05, 0) is 19.3 Å². The predicted octanol–water partition coefficient (Wildman–Crippen LogP) is 7.43. The maximum absolute atomic E-state index is 12.1. The molecule has 0 fully saturated rings. The number of carbonyl (C=O) groups is 3. The van der Waals surface area contributed by atoms with Crippen LogP contribution in [-0.4, -0.2) is 54.0 Å². The van der Waals surface area contributed by atoms with E-state index in [-0.39, 0.29) is 25.3 Å². The van der Waals surface area contributed by atoms with Gasteiger partial charge in [0.25, 0.3) is 0 Å². The minimum absolute atomic E-state index is 0.0231. The summed E-state index contributed by atoms with van der Waals surface area (Å²) in [6.45, 7) is 2.70. The lowest BCUT2D eigenvalue weighted by Crippen LogP contribution is -2.47. The van der Waals surface area contributed by atoms with Crippen LogP contribution in [0, 0.1) is 5.41 Å². The first kappa shape index (κ1) is 44.6. The van der Waals surface area contributed by atoms with E-state index < -0.39 is 29.9 Å². The fraction of sp³-hybridized carbons (Fsp3) is 0.892. The molecule has 2 unspecified atom stereocenters. The highest BCUT2D eigenvalue weighted by Crippen LogP contribution is 2.16. The fourth-order valence-electron chi connectivity index (χ4n) is 5.95. The number of carboxylic acids is 1. The number of aliphatic carboxylic acids is 1. The summed E-state index contributed by atoms with van der Waals surface area (Å²) < 4.78 is 0. The first-order chi connectivity index (χ1) is 22.8. The van der Waals surface area contributed by atoms with Crippen LogP contribution in [0.5, 0.6) is 0 Å². The molecule has 0 aromatic heterocycles. The van der Waals surface area contributed by atoms with Crippen molar-refractivity contribution < 1.29 is 19.5 Å². The van der Waals surface area contributed by atoms with Crippen LogP contribution >= 0.6 is 0 Å². The third-order valence-electron chi connectivity index (χ3n) is 9.01. The van der Waals surface area contributed by atoms with Gasteiger partial charge < -0.3 is 32.5 Å². The van der Waals surface area contributed by atoms with E-state index >= 15 is 0 Å². The Kier molecular flexibility index (Phi) is 31.9. The normalized spacial score (nSPS) is 12.4. The van der Waals surface area contributed by atoms with Crippen molar-refractivity contribution in [3.05, 3.63) is 0 Å². The monoisotopic (exact) mass is 667 g/mol. The molecule has 0 saturated heterocycles. The summed E-state index contributed by atoms with van der Waals surface area (Å²) in [5.74, 6) is -2.44. The van der Waals surface area contributed by atoms with Gasteiger partial charge in [-0.3, -0.25) is 15.0 Å². The maximum atomic E-state index is 12.1. The molecule has 10 heteroatoms. The van der Waals surface area contributed by atoms with Crippen LogP contribution < -0.4 is 27.4 Å². The molecule has 0 bridgehead atoms. The molecule has 47 heavy (non-hydrogen) atoms. The van der Waals surface area contributed by atoms with Gasteiger partial charge in [-0.15, -0.1) is 0 Å². The van der Waals surface area contributed by atoms with Crippen molar-refractivity contribution in [1.29, 1.82) is 5.41 Å². The highest BCUT2D eigenvalue weighted by atomic mass is 16.4. The van der Waals surface area contributed by atoms with Crippen molar-refractivity contribution in [3.8, 4) is 0 Å². The fourth-order valence-corrected chi connectivity index (χ4v) is 5.95. The van der Waals surface area contributed by atoms with Crippen LogP contribution in [-0.2, 0) is 14.4 Å². The van der Waals surface area contributed by atoms with Crippen molar-refractivity contribution >= 4 is 23.7 Å². The van der Waals surface area contributed by atoms with E-state index in [0.29, 0.717) is 6.54 Å². The summed E-state index contributed by atoms with van der Waals surface area (Å²) in [4.78, 5) is 35.3. The van der Waals surface area contributed by atoms with Crippen molar-refractivity contribution in [1.82, 2.24) is 16.0 Å². The van der Waals surface area contributed by atoms with E-state index in [4.69, 9.17) is 22.0 Å². The Hall–Kier alpha value is -2.36. The third-order valence-corrected chi connectivity index (χ3v) is 9.01. The lowest BCUT2D eigenvalue weighted by molar-refractivity contribution is -0.139. The van der Waals surface area contributed by atoms with Crippen LogP contribution in [0.2, 0.25) is 0 Å². The molecule has 0 heterocycles. The molecule has 0 aromatic rings. The molecule has 0 aliphatic rings. The number of rotatable bonds is 35. The Balaban J connectivity index is 3.39. The molecule has 0 aliphatic heterocycles. The molecular formula is C37H74N6O4. The van der Waals surface area contributed by atoms with E-state index in [1.807, 2.05) is 0 Å². The van der Waals surface area contributed by atoms with Crippen molar-refractivity contribution in [3.63, 3.8) is 0 Å². The second kappa shape index (κ2) is 33.5. The maximum Gasteiger partial charge on any atom is 0.326 e. The Morgan fingerprint density at radius 2 is 0.957 bits per heavy atom. The van der Waals surface area contributed by atoms with Gasteiger partial charge in [0.1, 0.15) is 6.04 Å². The zero-order valence-electron chi connectivity index (χ0n) is 30.2. The van der Waals surface area contributed by atoms with Gasteiger partial charge >= 0.3 is 5.97 Å². The van der Waals surface area contributed by atoms with Gasteiger partial charge in [-0.2, -0.15) is 0 Å². The van der Waals surface area contributed by atoms with Crippen molar-refractivity contribution in [2.24, 2.45) is 11.5 Å². The number of amides is 2. The average Bonchev–Trinajstić information content (AvgIpc) is 3.04. The Morgan fingerprint density at radius 3 is 1.30 bits per heavy atom. The molecule has 0 aromatic carbocycles. The number of carbonyl (C=O) groups excluding carboxylic acids is 2. The van der Waals surface area contributed by atoms with Crippen LogP contribution in [0.25, 0.3) is 0 Å². The summed E-state index contributed by atoms with van der Waals surface area (Å²) in [5, 5.41) is 23.9. The number of nitrogens with two attached hydrogens (primary N) is 2. The molecule has 0 rings (SSSR count). The summed E-state index contributed by atoms with van der Waals surface area (Å²) in [5.41, 5.74) is 11.0. The van der Waals surface area contributed by atoms with E-state index in [2.05, 4.69) is 22.9 Å². The molecule has 2 amide bonds. The molecule has 276 valence electrons. The predicted molar refractivity (Wildman–Crippen MR) is 195 cm³/mol. The topological polar surface area (TPSA) is 183 Å². The molecule has 2 atom stereocenters. The molecule has 0 spiro atoms. The third kappa shape index (κ3) is 32.0. The minimum Gasteiger partial charge on any atom is -0.480 e. The summed E-state index contributed by atoms with van der Waals surface area (Å²) in [6, 6.07) is -2.06. The first-order valence-electron chi connectivity index (χ1n) is 19.4. The summed E-state index contributed by atoms with van der Waals surface area (Å²) in [6.07, 6.45) is 35.5. The minimum atomic E-state index is -1.18. The number of unbranched alkanes of at least 4 members (excludes halogenated alkanes) is 25. The lowest BCUT2D eigenvalue weighted by Gasteiger charge is -2.17. The highest BCUT2D eigenvalue weighted by molar-refractivity contribution is 5.87. The second-order valence-electron chi connectivity index (χ2n) is 13.5. The second-order valence-corrected chi connectivity index (χ2v) is 13.5. The van der Waals surface area contributed by atoms with E-state index in [1.54, 1.807) is 0 Å². The largest absolute Gasteiger partial charge is 0.480 e. The molecule has 0 aliphatic carbocycles. The Morgan fingerprint density at radius 1 is 0.596 bits per heavy atom. The molecule has 9 N–H and O–H groups in total. The summed E-state index contributed by atoms with van der Waals surface area (Å²) >= 11 is 0. The average molecular weight is 667 g/mol. The van der Waals surface area contributed by atoms with Gasteiger partial charge in [-0.1, -0.05) is 167 Å². The van der Waals surface area contributed by atoms with Gasteiger partial charge in [0.2, 0.25) is 11.8 Å². The zero-order valence-corrected chi connectivity index (χ0v) is 30.2. The molecule has 0 radical (unpaired) electrons. The van der Waals surface area contributed by atoms with Gasteiger partial charge in [0.15, 0.2) is 5.96 Å². The van der Waals surface area contributed by atoms with Crippen LogP contribution in [0.4, 0.5) is 0 Å². The smallest absolute Gasteiger partial charge is 0.326 e. The lowest BCUT2D eigenvalue weighted by atomic mass is 10.0. The Bertz CT molecular complexity index is 782. The van der Waals surface area contributed by atoms with Gasteiger partial charge in [0.05, 0.1) is 12.6 Å². The van der Waals surface area contributed by atoms with Crippen molar-refractivity contribution in [2.45, 2.75) is 199 Å². The van der Waals surface area contributed by atoms with Crippen LogP contribution in [0.3, 0.4) is 0 Å². The number of carboxylic acid groups (broad SMARTS) is 1. The standard InChI is InChI=1S/C37H74N6O4/c1-2-3-4-5-6-7-8-9-10-11-12-13-14-15-16-17-18-19-20-21-22-23-24-25-26-27-30-41-34(44)31-42-35(45)32(38)28-29-33(36(46)47)43-37(39)40/h32-33H,2-31,38H2,1H3,(H,41,44)(H,42,45)(H,46,47)(H4,39,40,43). The van der Waals surface area contributed by atoms with Crippen LogP contribution in [0.15, 0.2) is 0 Å². The highest BCUT2D eigenvalue weighted by Gasteiger charge is 2.21. The van der Waals surface area contributed by atoms with E-state index in [1.165, 1.54) is 154 Å². The molecular weight excluding hydrogens is 592 g/mol. The van der Waals surface area contributed by atoms with Crippen LogP contribution in [0.1, 0.15) is 187 Å². The van der Waals surface area contributed by atoms with E-state index in [0.717, 1.165) is 12.8 Å². The molecule has 10 nitrogen and oxygen atoms in total. The summed E-state index contributed by atoms with van der Waals surface area (Å²) in [7, 11) is 0.